The molecular formula is CKMn2O7. The summed E-state index contributed by atoms with van der Waals surface area (Å²) < 4.78 is 34.3. The Bertz CT molecular complexity index is 202. The molecule has 0 aromatic carbocycles. The molecule has 0 saturated carbocycles. The van der Waals surface area contributed by atoms with Crippen LogP contribution in [-0.4, -0.2) is 6.16 Å². The summed E-state index contributed by atoms with van der Waals surface area (Å²) in [6, 6.07) is 0. The molecule has 0 fully saturated rings. The zero-order valence-corrected chi connectivity index (χ0v) is 10.6. The number of hydrogen-bond donors (Lipinski definition) is 0. The predicted molar refractivity (Wildman–Crippen MR) is 7.46 cm³/mol. The first-order chi connectivity index (χ1) is 3.73. The molecule has 0 aliphatic rings. The molecule has 10 heteroatoms. The third-order valence-corrected chi connectivity index (χ3v) is 0. The number of rotatable bonds is 0. The van der Waals surface area contributed by atoms with E-state index in [9.17, 15) is 0 Å². The summed E-state index contributed by atoms with van der Waals surface area (Å²) in [6.07, 6.45) is -2.33. The maximum absolute atomic E-state index is 8.58. The zero-order valence-electron chi connectivity index (χ0n) is 5.11. The summed E-state index contributed by atoms with van der Waals surface area (Å²) in [5, 5.41) is 16.7. The molecule has 0 aromatic rings. The van der Waals surface area contributed by atoms with Gasteiger partial charge in [0, 0.05) is 0 Å². The molecule has 0 rings (SSSR count). The Balaban J connectivity index is -0.0000000383. The van der Waals surface area contributed by atoms with Crippen LogP contribution in [0.25, 0.3) is 0 Å². The van der Waals surface area contributed by atoms with Crippen LogP contribution in [0.1, 0.15) is 0 Å². The molecule has 0 aliphatic carbocycles. The molecule has 0 saturated heterocycles. The molecule has 11 heavy (non-hydrogen) atoms. The van der Waals surface area contributed by atoms with Gasteiger partial charge in [0.15, 0.2) is 0 Å². The quantitative estimate of drug-likeness (QED) is 0.399. The zero-order chi connectivity index (χ0) is 8.08. The number of hydrogen-bond acceptors (Lipinski definition) is 7. The Morgan fingerprint density at radius 3 is 1.09 bits per heavy atom. The van der Waals surface area contributed by atoms with Crippen LogP contribution in [0.2, 0.25) is 0 Å². The van der Waals surface area contributed by atoms with E-state index in [4.69, 9.17) is 30.7 Å². The first-order valence-electron chi connectivity index (χ1n) is 1.23. The average molecular weight is 273 g/mol. The van der Waals surface area contributed by atoms with Gasteiger partial charge in [-0.3, -0.25) is 0 Å². The van der Waals surface area contributed by atoms with Crippen LogP contribution >= 0.6 is 0 Å². The molecule has 0 amide bonds. The van der Waals surface area contributed by atoms with Gasteiger partial charge in [-0.2, -0.15) is 0 Å². The fraction of sp³-hybridized carbons (Fsp3) is 0. The molecule has 0 N–H and O–H groups in total. The molecule has 0 aromatic heterocycles. The summed E-state index contributed by atoms with van der Waals surface area (Å²) in [7, 11) is 0. The van der Waals surface area contributed by atoms with Crippen LogP contribution in [0.4, 0.5) is 4.79 Å². The summed E-state index contributed by atoms with van der Waals surface area (Å²) in [5.41, 5.74) is 0. The van der Waals surface area contributed by atoms with E-state index in [1.165, 1.54) is 0 Å². The summed E-state index contributed by atoms with van der Waals surface area (Å²) in [4.78, 5) is 8.33. The van der Waals surface area contributed by atoms with Crippen LogP contribution in [-0.2, 0) is 41.5 Å². The Labute approximate surface area is 116 Å². The van der Waals surface area contributed by atoms with Crippen LogP contribution in [0.15, 0.2) is 0 Å². The standard InChI is InChI=1S/CH2O3.K.2Mn.4O/c2-1(3)4;;;;;;;/h(H2,2,3,4);;;;;;;/q;+1;;+2;;;;-1/p-2. The first kappa shape index (κ1) is 22.8. The van der Waals surface area contributed by atoms with Gasteiger partial charge < -0.3 is 15.0 Å². The molecular weight excluding hydrogens is 273 g/mol. The molecule has 7 nitrogen and oxygen atoms in total. The molecule has 61 valence electrons. The van der Waals surface area contributed by atoms with E-state index in [0.717, 1.165) is 0 Å². The van der Waals surface area contributed by atoms with Crippen LogP contribution in [0.5, 0.6) is 0 Å². The topological polar surface area (TPSA) is 137 Å². The van der Waals surface area contributed by atoms with E-state index in [1.54, 1.807) is 0 Å². The van der Waals surface area contributed by atoms with E-state index in [2.05, 4.69) is 0 Å². The monoisotopic (exact) mass is 273 g/mol. The van der Waals surface area contributed by atoms with Crippen molar-refractivity contribution < 1.29 is 112 Å². The second-order valence-corrected chi connectivity index (χ2v) is 1.81. The first-order valence-corrected chi connectivity index (χ1v) is 3.16. The molecule has 0 heterocycles. The van der Waals surface area contributed by atoms with E-state index in [-0.39, 0.29) is 68.5 Å². The van der Waals surface area contributed by atoms with Crippen molar-refractivity contribution in [2.45, 2.75) is 0 Å². The van der Waals surface area contributed by atoms with Gasteiger partial charge in [-0.1, -0.05) is 0 Å². The minimum absolute atomic E-state index is 0. The van der Waals surface area contributed by atoms with Crippen molar-refractivity contribution in [1.29, 1.82) is 0 Å². The van der Waals surface area contributed by atoms with Crippen molar-refractivity contribution in [2.24, 2.45) is 0 Å². The van der Waals surface area contributed by atoms with Crippen molar-refractivity contribution in [3.8, 4) is 0 Å². The molecule has 0 aliphatic heterocycles. The van der Waals surface area contributed by atoms with E-state index in [1.807, 2.05) is 0 Å². The molecule has 0 bridgehead atoms. The SMILES string of the molecule is O=C([O-])[O-].[K+].[Mn+2].[O]=[Mn](=[O])(=[O])[O-]. The van der Waals surface area contributed by atoms with Gasteiger partial charge in [0.1, 0.15) is 0 Å². The fourth-order valence-electron chi connectivity index (χ4n) is 0. The van der Waals surface area contributed by atoms with Gasteiger partial charge >= 0.3 is 97.1 Å². The molecule has 0 atom stereocenters. The molecule has 1 radical (unpaired) electrons. The van der Waals surface area contributed by atoms with Crippen LogP contribution in [0.3, 0.4) is 0 Å². The van der Waals surface area contributed by atoms with E-state index < -0.39 is 19.1 Å². The number of carbonyl (C=O) groups is 1. The second-order valence-electron chi connectivity index (χ2n) is 0.628. The van der Waals surface area contributed by atoms with Crippen molar-refractivity contribution in [3.05, 3.63) is 0 Å². The minimum atomic E-state index is -5.62. The van der Waals surface area contributed by atoms with E-state index in [0.29, 0.717) is 0 Å². The predicted octanol–water partition coefficient (Wildman–Crippen LogP) is -6.99. The Kier molecular flexibility index (Phi) is 23.4. The van der Waals surface area contributed by atoms with Crippen molar-refractivity contribution >= 4 is 6.16 Å². The van der Waals surface area contributed by atoms with Gasteiger partial charge in [0.2, 0.25) is 0 Å². The van der Waals surface area contributed by atoms with Crippen molar-refractivity contribution in [3.63, 3.8) is 0 Å². The van der Waals surface area contributed by atoms with Crippen LogP contribution in [0, 0.1) is 0 Å². The Hall–Kier alpha value is 1.31. The van der Waals surface area contributed by atoms with Crippen LogP contribution < -0.4 is 65.8 Å². The van der Waals surface area contributed by atoms with Gasteiger partial charge in [-0.15, -0.1) is 0 Å². The molecule has 0 unspecified atom stereocenters. The summed E-state index contributed by atoms with van der Waals surface area (Å²) >= 11 is -5.62. The normalized spacial score (nSPS) is 7.36. The third-order valence-electron chi connectivity index (χ3n) is 0. The second kappa shape index (κ2) is 11.3. The van der Waals surface area contributed by atoms with Gasteiger partial charge in [-0.25, -0.2) is 0 Å². The van der Waals surface area contributed by atoms with Crippen molar-refractivity contribution in [1.82, 2.24) is 0 Å². The molecule has 0 spiro atoms. The van der Waals surface area contributed by atoms with E-state index >= 15 is 0 Å². The van der Waals surface area contributed by atoms with Crippen molar-refractivity contribution in [2.75, 3.05) is 0 Å². The fourth-order valence-corrected chi connectivity index (χ4v) is 0. The third kappa shape index (κ3) is 575. The summed E-state index contributed by atoms with van der Waals surface area (Å²) in [5.74, 6) is 0. The maximum atomic E-state index is 8.58. The average Bonchev–Trinajstić information content (AvgIpc) is 1.19. The number of carbonyl (C=O) groups excluding carboxylic acids is 1. The van der Waals surface area contributed by atoms with Gasteiger partial charge in [-0.05, 0) is 6.16 Å². The Morgan fingerprint density at radius 1 is 1.09 bits per heavy atom. The van der Waals surface area contributed by atoms with Gasteiger partial charge in [0.05, 0.1) is 0 Å². The summed E-state index contributed by atoms with van der Waals surface area (Å²) in [6.45, 7) is 0. The Morgan fingerprint density at radius 2 is 1.09 bits per heavy atom. The van der Waals surface area contributed by atoms with Gasteiger partial charge in [0.25, 0.3) is 0 Å². The number of carboxylic acid groups (broad SMARTS) is 2.